The number of carbonyl (C=O) groups excluding carboxylic acids is 1. The number of hydrogen-bond donors (Lipinski definition) is 2. The first kappa shape index (κ1) is 13.3. The zero-order valence-electron chi connectivity index (χ0n) is 11.2. The molecular formula is C13H22N2O3. The van der Waals surface area contributed by atoms with Crippen LogP contribution in [-0.4, -0.2) is 47.1 Å². The van der Waals surface area contributed by atoms with Crippen LogP contribution in [0.15, 0.2) is 0 Å². The van der Waals surface area contributed by atoms with E-state index in [1.54, 1.807) is 11.8 Å². The Hall–Kier alpha value is -1.10. The Labute approximate surface area is 108 Å². The summed E-state index contributed by atoms with van der Waals surface area (Å²) in [6.07, 6.45) is 2.92. The first-order chi connectivity index (χ1) is 8.40. The number of carbonyl (C=O) groups is 2. The van der Waals surface area contributed by atoms with Crippen LogP contribution in [0.4, 0.5) is 0 Å². The summed E-state index contributed by atoms with van der Waals surface area (Å²) in [6, 6.07) is 0. The molecule has 5 heteroatoms. The van der Waals surface area contributed by atoms with Gasteiger partial charge in [-0.05, 0) is 45.7 Å². The Morgan fingerprint density at radius 2 is 1.78 bits per heavy atom. The number of piperidine rings is 1. The van der Waals surface area contributed by atoms with Crippen molar-refractivity contribution in [3.05, 3.63) is 0 Å². The highest BCUT2D eigenvalue weighted by molar-refractivity contribution is 5.90. The number of nitrogens with one attached hydrogen (secondary N) is 1. The third-order valence-corrected chi connectivity index (χ3v) is 4.57. The van der Waals surface area contributed by atoms with Crippen LogP contribution in [0.1, 0.15) is 39.5 Å². The molecule has 1 atom stereocenters. The number of carboxylic acid groups (broad SMARTS) is 1. The highest BCUT2D eigenvalue weighted by Gasteiger charge is 2.50. The Balaban J connectivity index is 2.20. The van der Waals surface area contributed by atoms with Crippen LogP contribution >= 0.6 is 0 Å². The van der Waals surface area contributed by atoms with Gasteiger partial charge in [0.1, 0.15) is 5.54 Å². The molecule has 0 aromatic carbocycles. The predicted molar refractivity (Wildman–Crippen MR) is 67.2 cm³/mol. The maximum Gasteiger partial charge on any atom is 0.329 e. The third-order valence-electron chi connectivity index (χ3n) is 4.57. The van der Waals surface area contributed by atoms with Crippen LogP contribution in [-0.2, 0) is 9.59 Å². The second-order valence-electron chi connectivity index (χ2n) is 5.95. The summed E-state index contributed by atoms with van der Waals surface area (Å²) in [5.74, 6) is -0.864. The molecule has 2 N–H and O–H groups in total. The average molecular weight is 254 g/mol. The van der Waals surface area contributed by atoms with Crippen molar-refractivity contribution in [2.75, 3.05) is 19.6 Å². The molecule has 2 saturated heterocycles. The normalized spacial score (nSPS) is 31.3. The smallest absolute Gasteiger partial charge is 0.329 e. The minimum Gasteiger partial charge on any atom is -0.480 e. The largest absolute Gasteiger partial charge is 0.480 e. The number of likely N-dealkylation sites (tertiary alicyclic amines) is 1. The number of carboxylic acids is 1. The molecule has 18 heavy (non-hydrogen) atoms. The van der Waals surface area contributed by atoms with Gasteiger partial charge in [-0.15, -0.1) is 0 Å². The fourth-order valence-electron chi connectivity index (χ4n) is 3.03. The fourth-order valence-corrected chi connectivity index (χ4v) is 3.03. The molecular weight excluding hydrogens is 232 g/mol. The molecule has 2 fully saturated rings. The van der Waals surface area contributed by atoms with Crippen LogP contribution in [0, 0.1) is 5.41 Å². The van der Waals surface area contributed by atoms with Gasteiger partial charge in [0.15, 0.2) is 0 Å². The molecule has 5 nitrogen and oxygen atoms in total. The van der Waals surface area contributed by atoms with E-state index in [-0.39, 0.29) is 5.91 Å². The molecule has 2 heterocycles. The summed E-state index contributed by atoms with van der Waals surface area (Å²) >= 11 is 0. The first-order valence-electron chi connectivity index (χ1n) is 6.66. The van der Waals surface area contributed by atoms with Gasteiger partial charge in [0.05, 0.1) is 0 Å². The van der Waals surface area contributed by atoms with E-state index in [4.69, 9.17) is 0 Å². The van der Waals surface area contributed by atoms with Crippen LogP contribution in [0.2, 0.25) is 0 Å². The Morgan fingerprint density at radius 1 is 1.17 bits per heavy atom. The Kier molecular flexibility index (Phi) is 3.36. The van der Waals surface area contributed by atoms with Gasteiger partial charge in [-0.1, -0.05) is 6.92 Å². The van der Waals surface area contributed by atoms with Crippen molar-refractivity contribution in [1.82, 2.24) is 10.2 Å². The zero-order chi connectivity index (χ0) is 13.4. The molecule has 0 spiro atoms. The minimum atomic E-state index is -1.01. The lowest BCUT2D eigenvalue weighted by molar-refractivity contribution is -0.160. The molecule has 0 saturated carbocycles. The topological polar surface area (TPSA) is 69.6 Å². The maximum atomic E-state index is 12.7. The first-order valence-corrected chi connectivity index (χ1v) is 6.66. The molecule has 2 aliphatic rings. The van der Waals surface area contributed by atoms with Gasteiger partial charge in [0.2, 0.25) is 5.91 Å². The van der Waals surface area contributed by atoms with E-state index in [0.717, 1.165) is 32.4 Å². The third kappa shape index (κ3) is 2.00. The van der Waals surface area contributed by atoms with E-state index in [1.165, 1.54) is 0 Å². The number of hydrogen-bond acceptors (Lipinski definition) is 3. The lowest BCUT2D eigenvalue weighted by Crippen LogP contribution is -2.56. The van der Waals surface area contributed by atoms with Gasteiger partial charge in [-0.25, -0.2) is 4.79 Å². The highest BCUT2D eigenvalue weighted by Crippen LogP contribution is 2.37. The number of rotatable bonds is 2. The monoisotopic (exact) mass is 254 g/mol. The maximum absolute atomic E-state index is 12.7. The standard InChI is InChI=1S/C13H22N2O3/c1-12(5-7-14-8-6-12)10(16)15-9-3-4-13(15,2)11(17)18/h14H,3-9H2,1-2H3,(H,17,18). The SMILES string of the molecule is CC1(C(=O)N2CCCC2(C)C(=O)O)CCNCC1. The molecule has 2 rings (SSSR count). The summed E-state index contributed by atoms with van der Waals surface area (Å²) in [6.45, 7) is 5.88. The van der Waals surface area contributed by atoms with E-state index < -0.39 is 16.9 Å². The number of amides is 1. The van der Waals surface area contributed by atoms with E-state index in [1.807, 2.05) is 6.92 Å². The van der Waals surface area contributed by atoms with Gasteiger partial charge in [-0.2, -0.15) is 0 Å². The van der Waals surface area contributed by atoms with Crippen molar-refractivity contribution >= 4 is 11.9 Å². The molecule has 0 bridgehead atoms. The van der Waals surface area contributed by atoms with E-state index in [9.17, 15) is 14.7 Å². The molecule has 1 amide bonds. The lowest BCUT2D eigenvalue weighted by atomic mass is 9.79. The van der Waals surface area contributed by atoms with Gasteiger partial charge < -0.3 is 15.3 Å². The molecule has 0 aliphatic carbocycles. The number of aliphatic carboxylic acids is 1. The summed E-state index contributed by atoms with van der Waals surface area (Å²) in [5.41, 5.74) is -1.41. The minimum absolute atomic E-state index is 0.0198. The Bertz CT molecular complexity index is 363. The van der Waals surface area contributed by atoms with Crippen LogP contribution < -0.4 is 5.32 Å². The Morgan fingerprint density at radius 3 is 2.33 bits per heavy atom. The molecule has 1 unspecified atom stereocenters. The summed E-state index contributed by atoms with van der Waals surface area (Å²) in [5, 5.41) is 12.6. The van der Waals surface area contributed by atoms with E-state index in [0.29, 0.717) is 13.0 Å². The second kappa shape index (κ2) is 4.53. The van der Waals surface area contributed by atoms with Crippen molar-refractivity contribution in [3.8, 4) is 0 Å². The molecule has 0 aromatic rings. The van der Waals surface area contributed by atoms with Crippen LogP contribution in [0.5, 0.6) is 0 Å². The zero-order valence-corrected chi connectivity index (χ0v) is 11.2. The van der Waals surface area contributed by atoms with E-state index in [2.05, 4.69) is 5.32 Å². The predicted octanol–water partition coefficient (Wildman–Crippen LogP) is 0.842. The van der Waals surface area contributed by atoms with Gasteiger partial charge in [0, 0.05) is 12.0 Å². The van der Waals surface area contributed by atoms with Crippen molar-refractivity contribution < 1.29 is 14.7 Å². The van der Waals surface area contributed by atoms with Crippen molar-refractivity contribution in [2.24, 2.45) is 5.41 Å². The molecule has 102 valence electrons. The molecule has 2 aliphatic heterocycles. The summed E-state index contributed by atoms with van der Waals surface area (Å²) in [7, 11) is 0. The fraction of sp³-hybridized carbons (Fsp3) is 0.846. The van der Waals surface area contributed by atoms with Crippen molar-refractivity contribution in [1.29, 1.82) is 0 Å². The lowest BCUT2D eigenvalue weighted by Gasteiger charge is -2.40. The quantitative estimate of drug-likeness (QED) is 0.766. The van der Waals surface area contributed by atoms with Gasteiger partial charge in [-0.3, -0.25) is 4.79 Å². The van der Waals surface area contributed by atoms with Gasteiger partial charge in [0.25, 0.3) is 0 Å². The summed E-state index contributed by atoms with van der Waals surface area (Å²) in [4.78, 5) is 25.7. The highest BCUT2D eigenvalue weighted by atomic mass is 16.4. The summed E-state index contributed by atoms with van der Waals surface area (Å²) < 4.78 is 0. The number of nitrogens with zero attached hydrogens (tertiary/aromatic N) is 1. The van der Waals surface area contributed by atoms with Crippen molar-refractivity contribution in [2.45, 2.75) is 45.1 Å². The van der Waals surface area contributed by atoms with Gasteiger partial charge >= 0.3 is 5.97 Å². The van der Waals surface area contributed by atoms with Crippen LogP contribution in [0.25, 0.3) is 0 Å². The second-order valence-corrected chi connectivity index (χ2v) is 5.95. The van der Waals surface area contributed by atoms with E-state index >= 15 is 0 Å². The molecule has 0 radical (unpaired) electrons. The van der Waals surface area contributed by atoms with Crippen LogP contribution in [0.3, 0.4) is 0 Å². The average Bonchev–Trinajstić information content (AvgIpc) is 2.72. The van der Waals surface area contributed by atoms with Crippen molar-refractivity contribution in [3.63, 3.8) is 0 Å². The molecule has 0 aromatic heterocycles.